The fourth-order valence-corrected chi connectivity index (χ4v) is 1.53. The summed E-state index contributed by atoms with van der Waals surface area (Å²) in [4.78, 5) is 11.3. The number of carbonyl (C=O) groups is 1. The number of benzene rings is 1. The van der Waals surface area contributed by atoms with Crippen LogP contribution in [0.1, 0.15) is 24.8 Å². The Morgan fingerprint density at radius 1 is 1.25 bits per heavy atom. The van der Waals surface area contributed by atoms with Crippen molar-refractivity contribution in [3.8, 4) is 0 Å². The predicted molar refractivity (Wildman–Crippen MR) is 67.2 cm³/mol. The fraction of sp³-hybridized carbons (Fsp3) is 0.357. The summed E-state index contributed by atoms with van der Waals surface area (Å²) < 4.78 is 0. The third-order valence-electron chi connectivity index (χ3n) is 2.41. The average Bonchev–Trinajstić information content (AvgIpc) is 2.33. The minimum absolute atomic E-state index is 0.118. The molecule has 0 aliphatic heterocycles. The molecule has 0 unspecified atom stereocenters. The third kappa shape index (κ3) is 5.35. The number of carbonyl (C=O) groups excluding carboxylic acids is 1. The second-order valence-corrected chi connectivity index (χ2v) is 3.79. The van der Waals surface area contributed by atoms with E-state index in [1.54, 1.807) is 6.08 Å². The molecule has 0 aliphatic carbocycles. The monoisotopic (exact) mass is 217 g/mol. The summed E-state index contributed by atoms with van der Waals surface area (Å²) in [5.74, 6) is 0.118. The van der Waals surface area contributed by atoms with Crippen LogP contribution in [0.15, 0.2) is 43.0 Å². The van der Waals surface area contributed by atoms with Gasteiger partial charge in [-0.25, -0.2) is 0 Å². The number of hydrogen-bond donors (Lipinski definition) is 1. The van der Waals surface area contributed by atoms with Crippen molar-refractivity contribution in [2.45, 2.75) is 25.7 Å². The molecule has 1 aromatic rings. The molecule has 0 saturated heterocycles. The first-order valence-corrected chi connectivity index (χ1v) is 5.74. The first kappa shape index (κ1) is 12.5. The zero-order valence-electron chi connectivity index (χ0n) is 9.61. The second kappa shape index (κ2) is 7.69. The molecule has 1 rings (SSSR count). The van der Waals surface area contributed by atoms with Crippen molar-refractivity contribution < 1.29 is 4.79 Å². The van der Waals surface area contributed by atoms with Gasteiger partial charge in [0.25, 0.3) is 0 Å². The van der Waals surface area contributed by atoms with E-state index in [0.717, 1.165) is 19.3 Å². The lowest BCUT2D eigenvalue weighted by Crippen LogP contribution is -2.22. The summed E-state index contributed by atoms with van der Waals surface area (Å²) >= 11 is 0. The Morgan fingerprint density at radius 3 is 2.69 bits per heavy atom. The Hall–Kier alpha value is -1.57. The lowest BCUT2D eigenvalue weighted by Gasteiger charge is -2.02. The minimum atomic E-state index is 0.118. The van der Waals surface area contributed by atoms with Gasteiger partial charge in [-0.05, 0) is 24.8 Å². The molecule has 86 valence electrons. The lowest BCUT2D eigenvalue weighted by molar-refractivity contribution is -0.120. The molecule has 1 amide bonds. The van der Waals surface area contributed by atoms with Crippen molar-refractivity contribution in [2.75, 3.05) is 6.54 Å². The molecule has 16 heavy (non-hydrogen) atoms. The maximum Gasteiger partial charge on any atom is 0.220 e. The van der Waals surface area contributed by atoms with Gasteiger partial charge in [0.1, 0.15) is 0 Å². The van der Waals surface area contributed by atoms with Gasteiger partial charge < -0.3 is 5.32 Å². The predicted octanol–water partition coefficient (Wildman–Crippen LogP) is 2.70. The molecule has 0 spiro atoms. The maximum absolute atomic E-state index is 11.3. The van der Waals surface area contributed by atoms with Crippen LogP contribution < -0.4 is 5.32 Å². The largest absolute Gasteiger partial charge is 0.353 e. The van der Waals surface area contributed by atoms with Crippen molar-refractivity contribution in [2.24, 2.45) is 0 Å². The Bertz CT molecular complexity index is 319. The number of hydrogen-bond acceptors (Lipinski definition) is 1. The number of nitrogens with one attached hydrogen (secondary N) is 1. The SMILES string of the molecule is C=CCNC(=O)CCCCc1ccccc1. The summed E-state index contributed by atoms with van der Waals surface area (Å²) in [5, 5.41) is 2.77. The fourth-order valence-electron chi connectivity index (χ4n) is 1.53. The number of unbranched alkanes of at least 4 members (excludes halogenated alkanes) is 1. The molecule has 0 heterocycles. The van der Waals surface area contributed by atoms with Crippen LogP contribution in [0.25, 0.3) is 0 Å². The van der Waals surface area contributed by atoms with Crippen molar-refractivity contribution >= 4 is 5.91 Å². The highest BCUT2D eigenvalue weighted by atomic mass is 16.1. The van der Waals surface area contributed by atoms with E-state index in [2.05, 4.69) is 24.0 Å². The third-order valence-corrected chi connectivity index (χ3v) is 2.41. The van der Waals surface area contributed by atoms with E-state index in [4.69, 9.17) is 0 Å². The van der Waals surface area contributed by atoms with E-state index in [1.807, 2.05) is 18.2 Å². The van der Waals surface area contributed by atoms with Crippen LogP contribution in [-0.4, -0.2) is 12.5 Å². The molecule has 0 aromatic heterocycles. The van der Waals surface area contributed by atoms with Gasteiger partial charge in [-0.3, -0.25) is 4.79 Å². The molecule has 0 aliphatic rings. The number of amides is 1. The Kier molecular flexibility index (Phi) is 6.00. The lowest BCUT2D eigenvalue weighted by atomic mass is 10.1. The zero-order valence-corrected chi connectivity index (χ0v) is 9.61. The number of aryl methyl sites for hydroxylation is 1. The second-order valence-electron chi connectivity index (χ2n) is 3.79. The van der Waals surface area contributed by atoms with Crippen LogP contribution in [-0.2, 0) is 11.2 Å². The molecule has 0 atom stereocenters. The van der Waals surface area contributed by atoms with Crippen LogP contribution >= 0.6 is 0 Å². The molecular weight excluding hydrogens is 198 g/mol. The van der Waals surface area contributed by atoms with E-state index in [9.17, 15) is 4.79 Å². The molecule has 0 saturated carbocycles. The summed E-state index contributed by atoms with van der Waals surface area (Å²) in [5.41, 5.74) is 1.34. The first-order chi connectivity index (χ1) is 7.83. The topological polar surface area (TPSA) is 29.1 Å². The zero-order chi connectivity index (χ0) is 11.6. The molecule has 1 aromatic carbocycles. The summed E-state index contributed by atoms with van der Waals surface area (Å²) in [6.45, 7) is 4.12. The quantitative estimate of drug-likeness (QED) is 0.552. The van der Waals surface area contributed by atoms with Crippen molar-refractivity contribution in [3.05, 3.63) is 48.6 Å². The van der Waals surface area contributed by atoms with Gasteiger partial charge in [0.2, 0.25) is 5.91 Å². The highest BCUT2D eigenvalue weighted by Gasteiger charge is 1.99. The standard InChI is InChI=1S/C14H19NO/c1-2-12-15-14(16)11-7-6-10-13-8-4-3-5-9-13/h2-5,8-9H,1,6-7,10-12H2,(H,15,16). The Morgan fingerprint density at radius 2 is 2.00 bits per heavy atom. The Labute approximate surface area is 97.4 Å². The van der Waals surface area contributed by atoms with Crippen molar-refractivity contribution in [1.29, 1.82) is 0 Å². The van der Waals surface area contributed by atoms with Gasteiger partial charge in [-0.1, -0.05) is 36.4 Å². The molecule has 0 fully saturated rings. The highest BCUT2D eigenvalue weighted by molar-refractivity contribution is 5.75. The van der Waals surface area contributed by atoms with Gasteiger partial charge in [0.15, 0.2) is 0 Å². The number of rotatable bonds is 7. The molecule has 0 bridgehead atoms. The van der Waals surface area contributed by atoms with Gasteiger partial charge in [-0.2, -0.15) is 0 Å². The van der Waals surface area contributed by atoms with E-state index < -0.39 is 0 Å². The van der Waals surface area contributed by atoms with E-state index in [1.165, 1.54) is 5.56 Å². The smallest absolute Gasteiger partial charge is 0.220 e. The van der Waals surface area contributed by atoms with Crippen LogP contribution in [0, 0.1) is 0 Å². The molecule has 2 nitrogen and oxygen atoms in total. The van der Waals surface area contributed by atoms with Gasteiger partial charge >= 0.3 is 0 Å². The van der Waals surface area contributed by atoms with Gasteiger partial charge in [-0.15, -0.1) is 6.58 Å². The van der Waals surface area contributed by atoms with Crippen molar-refractivity contribution in [1.82, 2.24) is 5.32 Å². The summed E-state index contributed by atoms with van der Waals surface area (Å²) in [6.07, 6.45) is 5.36. The average molecular weight is 217 g/mol. The molecular formula is C14H19NO. The summed E-state index contributed by atoms with van der Waals surface area (Å²) in [7, 11) is 0. The molecule has 2 heteroatoms. The van der Waals surface area contributed by atoms with Crippen LogP contribution in [0.4, 0.5) is 0 Å². The Balaban J connectivity index is 2.08. The first-order valence-electron chi connectivity index (χ1n) is 5.74. The molecule has 1 N–H and O–H groups in total. The maximum atomic E-state index is 11.3. The van der Waals surface area contributed by atoms with Crippen LogP contribution in [0.3, 0.4) is 0 Å². The van der Waals surface area contributed by atoms with Gasteiger partial charge in [0.05, 0.1) is 0 Å². The normalized spacial score (nSPS) is 9.75. The van der Waals surface area contributed by atoms with Crippen molar-refractivity contribution in [3.63, 3.8) is 0 Å². The van der Waals surface area contributed by atoms with Gasteiger partial charge in [0, 0.05) is 13.0 Å². The van der Waals surface area contributed by atoms with E-state index >= 15 is 0 Å². The van der Waals surface area contributed by atoms with E-state index in [-0.39, 0.29) is 5.91 Å². The van der Waals surface area contributed by atoms with E-state index in [0.29, 0.717) is 13.0 Å². The highest BCUT2D eigenvalue weighted by Crippen LogP contribution is 2.05. The minimum Gasteiger partial charge on any atom is -0.353 e. The summed E-state index contributed by atoms with van der Waals surface area (Å²) in [6, 6.07) is 10.4. The van der Waals surface area contributed by atoms with Crippen LogP contribution in [0.2, 0.25) is 0 Å². The molecule has 0 radical (unpaired) electrons. The van der Waals surface area contributed by atoms with Crippen LogP contribution in [0.5, 0.6) is 0 Å².